The molecule has 1 aliphatic heterocycles. The van der Waals surface area contributed by atoms with Crippen LogP contribution >= 0.6 is 0 Å². The number of fused-ring (bicyclic) bond motifs is 1. The summed E-state index contributed by atoms with van der Waals surface area (Å²) >= 11 is 0. The number of esters is 1. The second-order valence-electron chi connectivity index (χ2n) is 8.67. The summed E-state index contributed by atoms with van der Waals surface area (Å²) in [6.45, 7) is 0.951. The third kappa shape index (κ3) is 5.19. The fraction of sp³-hybridized carbons (Fsp3) is 0.241. The largest absolute Gasteiger partial charge is 0.489 e. The minimum Gasteiger partial charge on any atom is -0.489 e. The van der Waals surface area contributed by atoms with E-state index in [4.69, 9.17) is 14.2 Å². The quantitative estimate of drug-likeness (QED) is 0.377. The number of aromatic nitrogens is 1. The van der Waals surface area contributed by atoms with E-state index in [1.165, 1.54) is 7.11 Å². The molecule has 0 saturated carbocycles. The third-order valence-corrected chi connectivity index (χ3v) is 6.23. The first-order chi connectivity index (χ1) is 17.1. The van der Waals surface area contributed by atoms with E-state index in [1.54, 1.807) is 6.07 Å². The summed E-state index contributed by atoms with van der Waals surface area (Å²) in [6, 6.07) is 25.4. The molecule has 5 rings (SSSR count). The maximum Gasteiger partial charge on any atom is 0.356 e. The van der Waals surface area contributed by atoms with Gasteiger partial charge in [0, 0.05) is 24.0 Å². The Balaban J connectivity index is 1.41. The van der Waals surface area contributed by atoms with Crippen LogP contribution in [-0.2, 0) is 16.1 Å². The minimum absolute atomic E-state index is 0.0972. The van der Waals surface area contributed by atoms with Crippen molar-refractivity contribution in [3.63, 3.8) is 0 Å². The number of rotatable bonds is 6. The maximum absolute atomic E-state index is 12.3. The zero-order valence-corrected chi connectivity index (χ0v) is 19.5. The number of carbonyl (C=O) groups is 1. The summed E-state index contributed by atoms with van der Waals surface area (Å²) in [5.41, 5.74) is 3.95. The van der Waals surface area contributed by atoms with Crippen molar-refractivity contribution in [3.05, 3.63) is 95.7 Å². The highest BCUT2D eigenvalue weighted by molar-refractivity contribution is 6.00. The standard InChI is InChI=1S/C29H27NO5/c1-33-29(32)26-16-22-15-24(10-11-25(22)28(30-26)20-7-3-2-4-8-20)35-18-19-6-5-9-21(14-19)27-17-23(31)12-13-34-27/h2-11,14-16,23,27,31H,12-13,17-18H2,1H3. The average molecular weight is 470 g/mol. The summed E-state index contributed by atoms with van der Waals surface area (Å²) in [7, 11) is 1.35. The smallest absolute Gasteiger partial charge is 0.356 e. The van der Waals surface area contributed by atoms with Gasteiger partial charge in [-0.3, -0.25) is 0 Å². The van der Waals surface area contributed by atoms with Gasteiger partial charge in [-0.05, 0) is 53.3 Å². The lowest BCUT2D eigenvalue weighted by molar-refractivity contribution is -0.0448. The van der Waals surface area contributed by atoms with Gasteiger partial charge in [-0.2, -0.15) is 0 Å². The molecular formula is C29H27NO5. The van der Waals surface area contributed by atoms with Gasteiger partial charge in [0.25, 0.3) is 0 Å². The fourth-order valence-electron chi connectivity index (χ4n) is 4.41. The van der Waals surface area contributed by atoms with Crippen LogP contribution in [-0.4, -0.2) is 35.9 Å². The lowest BCUT2D eigenvalue weighted by atomic mass is 9.98. The van der Waals surface area contributed by atoms with Crippen LogP contribution in [0.5, 0.6) is 5.75 Å². The summed E-state index contributed by atoms with van der Waals surface area (Å²) in [5, 5.41) is 11.7. The molecule has 6 nitrogen and oxygen atoms in total. The lowest BCUT2D eigenvalue weighted by Crippen LogP contribution is -2.23. The Morgan fingerprint density at radius 1 is 1.06 bits per heavy atom. The number of hydrogen-bond donors (Lipinski definition) is 1. The second kappa shape index (κ2) is 10.3. The molecule has 1 aliphatic rings. The molecule has 1 fully saturated rings. The number of aliphatic hydroxyl groups excluding tert-OH is 1. The van der Waals surface area contributed by atoms with E-state index >= 15 is 0 Å². The first-order valence-corrected chi connectivity index (χ1v) is 11.7. The monoisotopic (exact) mass is 469 g/mol. The molecule has 1 N–H and O–H groups in total. The van der Waals surface area contributed by atoms with Gasteiger partial charge in [0.05, 0.1) is 25.0 Å². The van der Waals surface area contributed by atoms with Gasteiger partial charge >= 0.3 is 5.97 Å². The SMILES string of the molecule is COC(=O)c1cc2cc(OCc3cccc(C4CC(O)CCO4)c3)ccc2c(-c2ccccc2)n1. The van der Waals surface area contributed by atoms with E-state index in [9.17, 15) is 9.90 Å². The molecule has 0 aliphatic carbocycles. The fourth-order valence-corrected chi connectivity index (χ4v) is 4.41. The number of hydrogen-bond acceptors (Lipinski definition) is 6. The molecule has 2 unspecified atom stereocenters. The van der Waals surface area contributed by atoms with Crippen LogP contribution in [0.15, 0.2) is 78.9 Å². The van der Waals surface area contributed by atoms with Gasteiger partial charge in [0.2, 0.25) is 0 Å². The molecule has 1 aromatic heterocycles. The van der Waals surface area contributed by atoms with Crippen molar-refractivity contribution in [1.29, 1.82) is 0 Å². The topological polar surface area (TPSA) is 77.9 Å². The van der Waals surface area contributed by atoms with Crippen LogP contribution in [0.25, 0.3) is 22.0 Å². The molecule has 178 valence electrons. The van der Waals surface area contributed by atoms with E-state index in [-0.39, 0.29) is 17.9 Å². The number of aliphatic hydroxyl groups is 1. The van der Waals surface area contributed by atoms with Crippen molar-refractivity contribution in [2.45, 2.75) is 31.7 Å². The number of benzene rings is 3. The number of ether oxygens (including phenoxy) is 3. The summed E-state index contributed by atoms with van der Waals surface area (Å²) in [5.74, 6) is 0.204. The Labute approximate surface area is 204 Å². The average Bonchev–Trinajstić information content (AvgIpc) is 2.91. The van der Waals surface area contributed by atoms with E-state index in [0.29, 0.717) is 31.8 Å². The number of nitrogens with zero attached hydrogens (tertiary/aromatic N) is 1. The van der Waals surface area contributed by atoms with Crippen LogP contribution in [0.3, 0.4) is 0 Å². The van der Waals surface area contributed by atoms with E-state index in [0.717, 1.165) is 33.2 Å². The maximum atomic E-state index is 12.3. The van der Waals surface area contributed by atoms with Gasteiger partial charge in [-0.15, -0.1) is 0 Å². The number of carbonyl (C=O) groups excluding carboxylic acids is 1. The van der Waals surface area contributed by atoms with Crippen molar-refractivity contribution >= 4 is 16.7 Å². The van der Waals surface area contributed by atoms with Gasteiger partial charge < -0.3 is 19.3 Å². The molecule has 2 atom stereocenters. The Kier molecular flexibility index (Phi) is 6.75. The molecule has 35 heavy (non-hydrogen) atoms. The first kappa shape index (κ1) is 23.0. The molecule has 6 heteroatoms. The third-order valence-electron chi connectivity index (χ3n) is 6.23. The van der Waals surface area contributed by atoms with Gasteiger partial charge in [0.1, 0.15) is 18.1 Å². The molecule has 0 bridgehead atoms. The van der Waals surface area contributed by atoms with E-state index in [2.05, 4.69) is 11.1 Å². The zero-order valence-electron chi connectivity index (χ0n) is 19.5. The van der Waals surface area contributed by atoms with Gasteiger partial charge in [0.15, 0.2) is 0 Å². The molecule has 0 radical (unpaired) electrons. The molecule has 0 spiro atoms. The van der Waals surface area contributed by atoms with Crippen LogP contribution in [0, 0.1) is 0 Å². The second-order valence-corrected chi connectivity index (χ2v) is 8.67. The lowest BCUT2D eigenvalue weighted by Gasteiger charge is -2.27. The zero-order chi connectivity index (χ0) is 24.2. The number of pyridine rings is 1. The predicted octanol–water partition coefficient (Wildman–Crippen LogP) is 5.48. The molecule has 1 saturated heterocycles. The summed E-state index contributed by atoms with van der Waals surface area (Å²) in [6.07, 6.45) is 0.867. The predicted molar refractivity (Wildman–Crippen MR) is 133 cm³/mol. The highest BCUT2D eigenvalue weighted by atomic mass is 16.5. The Hall–Kier alpha value is -3.74. The Morgan fingerprint density at radius 2 is 1.91 bits per heavy atom. The van der Waals surface area contributed by atoms with Crippen molar-refractivity contribution in [2.24, 2.45) is 0 Å². The van der Waals surface area contributed by atoms with Crippen LogP contribution in [0.1, 0.15) is 40.6 Å². The Morgan fingerprint density at radius 3 is 2.71 bits per heavy atom. The van der Waals surface area contributed by atoms with Crippen molar-refractivity contribution in [3.8, 4) is 17.0 Å². The summed E-state index contributed by atoms with van der Waals surface area (Å²) < 4.78 is 16.9. The van der Waals surface area contributed by atoms with Crippen LogP contribution in [0.2, 0.25) is 0 Å². The summed E-state index contributed by atoms with van der Waals surface area (Å²) in [4.78, 5) is 16.9. The molecule has 0 amide bonds. The van der Waals surface area contributed by atoms with Crippen LogP contribution < -0.4 is 4.74 Å². The highest BCUT2D eigenvalue weighted by Crippen LogP contribution is 2.32. The normalized spacial score (nSPS) is 17.8. The van der Waals surface area contributed by atoms with Crippen molar-refractivity contribution in [1.82, 2.24) is 4.98 Å². The van der Waals surface area contributed by atoms with Gasteiger partial charge in [-0.1, -0.05) is 48.5 Å². The molecule has 2 heterocycles. The molecular weight excluding hydrogens is 442 g/mol. The molecule has 4 aromatic rings. The van der Waals surface area contributed by atoms with Crippen molar-refractivity contribution < 1.29 is 24.1 Å². The van der Waals surface area contributed by atoms with Crippen molar-refractivity contribution in [2.75, 3.05) is 13.7 Å². The first-order valence-electron chi connectivity index (χ1n) is 11.7. The van der Waals surface area contributed by atoms with E-state index < -0.39 is 5.97 Å². The Bertz CT molecular complexity index is 1340. The van der Waals surface area contributed by atoms with E-state index in [1.807, 2.05) is 66.7 Å². The highest BCUT2D eigenvalue weighted by Gasteiger charge is 2.22. The van der Waals surface area contributed by atoms with Crippen LogP contribution in [0.4, 0.5) is 0 Å². The minimum atomic E-state index is -0.484. The number of methoxy groups -OCH3 is 1. The van der Waals surface area contributed by atoms with Gasteiger partial charge in [-0.25, -0.2) is 9.78 Å². The molecule has 3 aromatic carbocycles.